The SMILES string of the molecule is NCC1CCN(S(=O)(=O)N2Cc3ccccc3C2)CC1. The van der Waals surface area contributed by atoms with Gasteiger partial charge >= 0.3 is 0 Å². The lowest BCUT2D eigenvalue weighted by molar-refractivity contribution is 0.257. The molecule has 1 aromatic carbocycles. The third kappa shape index (κ3) is 2.48. The molecule has 2 heterocycles. The van der Waals surface area contributed by atoms with Crippen molar-refractivity contribution in [3.63, 3.8) is 0 Å². The van der Waals surface area contributed by atoms with E-state index in [1.54, 1.807) is 8.61 Å². The maximum absolute atomic E-state index is 12.7. The van der Waals surface area contributed by atoms with Crippen LogP contribution in [0.25, 0.3) is 0 Å². The Bertz CT molecular complexity index is 555. The third-order valence-corrected chi connectivity index (χ3v) is 6.30. The minimum atomic E-state index is -3.34. The average molecular weight is 295 g/mol. The molecule has 1 aromatic rings. The van der Waals surface area contributed by atoms with Gasteiger partial charge < -0.3 is 5.73 Å². The molecule has 1 saturated heterocycles. The molecule has 0 aromatic heterocycles. The van der Waals surface area contributed by atoms with Crippen molar-refractivity contribution in [3.05, 3.63) is 35.4 Å². The molecule has 2 N–H and O–H groups in total. The van der Waals surface area contributed by atoms with Crippen LogP contribution in [0.2, 0.25) is 0 Å². The van der Waals surface area contributed by atoms with Crippen LogP contribution in [0.3, 0.4) is 0 Å². The predicted molar refractivity (Wildman–Crippen MR) is 78.0 cm³/mol. The summed E-state index contributed by atoms with van der Waals surface area (Å²) in [7, 11) is -3.34. The van der Waals surface area contributed by atoms with E-state index < -0.39 is 10.2 Å². The van der Waals surface area contributed by atoms with Gasteiger partial charge in [-0.2, -0.15) is 17.0 Å². The van der Waals surface area contributed by atoms with E-state index in [1.165, 1.54) is 0 Å². The van der Waals surface area contributed by atoms with Crippen molar-refractivity contribution in [2.24, 2.45) is 11.7 Å². The van der Waals surface area contributed by atoms with Crippen LogP contribution in [-0.2, 0) is 23.3 Å². The standard InChI is InChI=1S/C14H21N3O2S/c15-9-12-5-7-16(8-6-12)20(18,19)17-10-13-3-1-2-4-14(13)11-17/h1-4,12H,5-11,15H2. The molecule has 0 saturated carbocycles. The van der Waals surface area contributed by atoms with E-state index in [0.29, 0.717) is 38.6 Å². The Kier molecular flexibility index (Phi) is 3.81. The summed E-state index contributed by atoms with van der Waals surface area (Å²) in [5, 5.41) is 0. The quantitative estimate of drug-likeness (QED) is 0.901. The largest absolute Gasteiger partial charge is 0.330 e. The second-order valence-electron chi connectivity index (χ2n) is 5.62. The molecule has 0 spiro atoms. The zero-order valence-electron chi connectivity index (χ0n) is 11.5. The Morgan fingerprint density at radius 3 is 2.10 bits per heavy atom. The van der Waals surface area contributed by atoms with E-state index in [-0.39, 0.29) is 0 Å². The molecule has 5 nitrogen and oxygen atoms in total. The maximum atomic E-state index is 12.7. The number of benzene rings is 1. The van der Waals surface area contributed by atoms with E-state index >= 15 is 0 Å². The topological polar surface area (TPSA) is 66.6 Å². The van der Waals surface area contributed by atoms with Crippen LogP contribution in [0.15, 0.2) is 24.3 Å². The highest BCUT2D eigenvalue weighted by atomic mass is 32.2. The van der Waals surface area contributed by atoms with Crippen LogP contribution in [0.1, 0.15) is 24.0 Å². The lowest BCUT2D eigenvalue weighted by Crippen LogP contribution is -2.46. The zero-order chi connectivity index (χ0) is 14.2. The van der Waals surface area contributed by atoms with Crippen LogP contribution >= 0.6 is 0 Å². The molecule has 20 heavy (non-hydrogen) atoms. The number of nitrogens with two attached hydrogens (primary N) is 1. The number of rotatable bonds is 3. The van der Waals surface area contributed by atoms with Crippen molar-refractivity contribution in [2.45, 2.75) is 25.9 Å². The molecule has 2 aliphatic heterocycles. The molecule has 0 bridgehead atoms. The smallest absolute Gasteiger partial charge is 0.282 e. The van der Waals surface area contributed by atoms with Crippen LogP contribution in [0.5, 0.6) is 0 Å². The minimum absolute atomic E-state index is 0.470. The van der Waals surface area contributed by atoms with Crippen LogP contribution in [0, 0.1) is 5.92 Å². The number of hydrogen-bond donors (Lipinski definition) is 1. The van der Waals surface area contributed by atoms with Crippen LogP contribution in [0.4, 0.5) is 0 Å². The summed E-state index contributed by atoms with van der Waals surface area (Å²) in [6.45, 7) is 2.84. The monoisotopic (exact) mass is 295 g/mol. The fourth-order valence-corrected chi connectivity index (χ4v) is 4.61. The van der Waals surface area contributed by atoms with Crippen LogP contribution in [-0.4, -0.2) is 36.7 Å². The van der Waals surface area contributed by atoms with Crippen LogP contribution < -0.4 is 5.73 Å². The summed E-state index contributed by atoms with van der Waals surface area (Å²) in [6, 6.07) is 7.93. The molecule has 2 aliphatic rings. The second kappa shape index (κ2) is 5.44. The number of hydrogen-bond acceptors (Lipinski definition) is 3. The van der Waals surface area contributed by atoms with Gasteiger partial charge in [0.05, 0.1) is 0 Å². The third-order valence-electron chi connectivity index (χ3n) is 4.37. The highest BCUT2D eigenvalue weighted by Gasteiger charge is 2.35. The Labute approximate surface area is 120 Å². The Morgan fingerprint density at radius 2 is 1.60 bits per heavy atom. The summed E-state index contributed by atoms with van der Waals surface area (Å²) in [4.78, 5) is 0. The highest BCUT2D eigenvalue weighted by Crippen LogP contribution is 2.28. The minimum Gasteiger partial charge on any atom is -0.330 e. The van der Waals surface area contributed by atoms with Gasteiger partial charge in [-0.25, -0.2) is 0 Å². The van der Waals surface area contributed by atoms with Crippen molar-refractivity contribution in [3.8, 4) is 0 Å². The fourth-order valence-electron chi connectivity index (χ4n) is 3.00. The molecule has 0 atom stereocenters. The van der Waals surface area contributed by atoms with Gasteiger partial charge in [-0.3, -0.25) is 0 Å². The van der Waals surface area contributed by atoms with Crippen molar-refractivity contribution in [1.82, 2.24) is 8.61 Å². The Balaban J connectivity index is 1.72. The van der Waals surface area contributed by atoms with Crippen molar-refractivity contribution in [1.29, 1.82) is 0 Å². The summed E-state index contributed by atoms with van der Waals surface area (Å²) in [5.74, 6) is 0.470. The average Bonchev–Trinajstić information content (AvgIpc) is 2.92. The first-order chi connectivity index (χ1) is 9.61. The molecule has 0 aliphatic carbocycles. The van der Waals surface area contributed by atoms with E-state index in [1.807, 2.05) is 24.3 Å². The lowest BCUT2D eigenvalue weighted by Gasteiger charge is -2.33. The summed E-state index contributed by atoms with van der Waals surface area (Å²) in [6.07, 6.45) is 1.74. The van der Waals surface area contributed by atoms with E-state index in [9.17, 15) is 8.42 Å². The first-order valence-electron chi connectivity index (χ1n) is 7.13. The normalized spacial score (nSPS) is 22.1. The Morgan fingerprint density at radius 1 is 1.05 bits per heavy atom. The number of piperidine rings is 1. The molecular weight excluding hydrogens is 274 g/mol. The fraction of sp³-hybridized carbons (Fsp3) is 0.571. The van der Waals surface area contributed by atoms with E-state index in [0.717, 1.165) is 24.0 Å². The van der Waals surface area contributed by atoms with Crippen molar-refractivity contribution < 1.29 is 8.42 Å². The Hall–Kier alpha value is -0.950. The summed E-state index contributed by atoms with van der Waals surface area (Å²) < 4.78 is 28.5. The summed E-state index contributed by atoms with van der Waals surface area (Å²) in [5.41, 5.74) is 7.90. The van der Waals surface area contributed by atoms with Gasteiger partial charge in [0.25, 0.3) is 10.2 Å². The number of fused-ring (bicyclic) bond motifs is 1. The predicted octanol–water partition coefficient (Wildman–Crippen LogP) is 0.918. The molecular formula is C14H21N3O2S. The van der Waals surface area contributed by atoms with E-state index in [2.05, 4.69) is 0 Å². The maximum Gasteiger partial charge on any atom is 0.282 e. The highest BCUT2D eigenvalue weighted by molar-refractivity contribution is 7.86. The van der Waals surface area contributed by atoms with E-state index in [4.69, 9.17) is 5.73 Å². The van der Waals surface area contributed by atoms with Gasteiger partial charge in [0.1, 0.15) is 0 Å². The zero-order valence-corrected chi connectivity index (χ0v) is 12.3. The first-order valence-corrected chi connectivity index (χ1v) is 8.53. The van der Waals surface area contributed by atoms with Gasteiger partial charge in [-0.05, 0) is 36.4 Å². The van der Waals surface area contributed by atoms with Gasteiger partial charge in [0, 0.05) is 26.2 Å². The second-order valence-corrected chi connectivity index (χ2v) is 7.55. The van der Waals surface area contributed by atoms with Crippen molar-refractivity contribution in [2.75, 3.05) is 19.6 Å². The summed E-state index contributed by atoms with van der Waals surface area (Å²) >= 11 is 0. The van der Waals surface area contributed by atoms with Gasteiger partial charge in [-0.1, -0.05) is 24.3 Å². The number of nitrogens with zero attached hydrogens (tertiary/aromatic N) is 2. The first kappa shape index (κ1) is 14.0. The van der Waals surface area contributed by atoms with Gasteiger partial charge in [0.2, 0.25) is 0 Å². The molecule has 0 radical (unpaired) electrons. The van der Waals surface area contributed by atoms with Gasteiger partial charge in [0.15, 0.2) is 0 Å². The molecule has 6 heteroatoms. The van der Waals surface area contributed by atoms with Crippen molar-refractivity contribution >= 4 is 10.2 Å². The van der Waals surface area contributed by atoms with Gasteiger partial charge in [-0.15, -0.1) is 0 Å². The molecule has 1 fully saturated rings. The molecule has 0 amide bonds. The molecule has 110 valence electrons. The molecule has 0 unspecified atom stereocenters. The molecule has 3 rings (SSSR count). The lowest BCUT2D eigenvalue weighted by atomic mass is 9.99.